The zero-order valence-corrected chi connectivity index (χ0v) is 12.3. The van der Waals surface area contributed by atoms with Crippen LogP contribution in [-0.4, -0.2) is 66.4 Å². The van der Waals surface area contributed by atoms with Crippen molar-refractivity contribution >= 4 is 11.8 Å². The number of rotatable bonds is 3. The van der Waals surface area contributed by atoms with E-state index in [0.29, 0.717) is 18.8 Å². The number of aromatic nitrogens is 1. The summed E-state index contributed by atoms with van der Waals surface area (Å²) in [6, 6.07) is 3.16. The smallest absolute Gasteiger partial charge is 0.260 e. The van der Waals surface area contributed by atoms with Gasteiger partial charge in [-0.3, -0.25) is 14.4 Å². The monoisotopic (exact) mass is 292 g/mol. The maximum atomic E-state index is 12.2. The van der Waals surface area contributed by atoms with Crippen molar-refractivity contribution in [1.82, 2.24) is 20.1 Å². The number of pyridine rings is 1. The summed E-state index contributed by atoms with van der Waals surface area (Å²) >= 11 is 0. The molecule has 2 N–H and O–H groups in total. The summed E-state index contributed by atoms with van der Waals surface area (Å²) in [7, 11) is 1.53. The number of carbonyl (C=O) groups is 2. The summed E-state index contributed by atoms with van der Waals surface area (Å²) in [4.78, 5) is 41.7. The van der Waals surface area contributed by atoms with E-state index in [1.54, 1.807) is 17.9 Å². The first-order chi connectivity index (χ1) is 9.99. The van der Waals surface area contributed by atoms with Crippen LogP contribution >= 0.6 is 0 Å². The average Bonchev–Trinajstić information content (AvgIpc) is 2.47. The number of amides is 2. The number of nitrogens with one attached hydrogen (secondary N) is 2. The molecule has 0 aromatic carbocycles. The standard InChI is InChI=1S/C14H20N4O3/c1-10-3-4-11(13(20)16-10)14(21)17(2)9-12(19)18-7-5-15-6-8-18/h3-4,15H,5-9H2,1-2H3,(H,16,20). The maximum Gasteiger partial charge on any atom is 0.260 e. The fourth-order valence-electron chi connectivity index (χ4n) is 2.24. The third-order valence-corrected chi connectivity index (χ3v) is 3.47. The molecule has 1 fully saturated rings. The van der Waals surface area contributed by atoms with Gasteiger partial charge in [0.25, 0.3) is 11.5 Å². The van der Waals surface area contributed by atoms with Gasteiger partial charge in [-0.15, -0.1) is 0 Å². The lowest BCUT2D eigenvalue weighted by Gasteiger charge is -2.29. The van der Waals surface area contributed by atoms with Crippen molar-refractivity contribution in [2.24, 2.45) is 0 Å². The highest BCUT2D eigenvalue weighted by molar-refractivity contribution is 5.96. The molecule has 2 amide bonds. The van der Waals surface area contributed by atoms with Gasteiger partial charge >= 0.3 is 0 Å². The van der Waals surface area contributed by atoms with Crippen LogP contribution in [0, 0.1) is 6.92 Å². The Labute approximate surface area is 122 Å². The third kappa shape index (κ3) is 3.69. The number of hydrogen-bond donors (Lipinski definition) is 2. The van der Waals surface area contributed by atoms with Crippen LogP contribution in [0.5, 0.6) is 0 Å². The van der Waals surface area contributed by atoms with Crippen LogP contribution in [0.1, 0.15) is 16.1 Å². The van der Waals surface area contributed by atoms with Gasteiger partial charge in [0.1, 0.15) is 5.56 Å². The van der Waals surface area contributed by atoms with Crippen LogP contribution in [-0.2, 0) is 4.79 Å². The summed E-state index contributed by atoms with van der Waals surface area (Å²) in [6.07, 6.45) is 0. The van der Waals surface area contributed by atoms with Crippen LogP contribution in [0.3, 0.4) is 0 Å². The Bertz CT molecular complexity index is 590. The molecule has 7 heteroatoms. The number of hydrogen-bond acceptors (Lipinski definition) is 4. The highest BCUT2D eigenvalue weighted by atomic mass is 16.2. The van der Waals surface area contributed by atoms with Crippen molar-refractivity contribution in [3.8, 4) is 0 Å². The van der Waals surface area contributed by atoms with Crippen molar-refractivity contribution in [2.45, 2.75) is 6.92 Å². The summed E-state index contributed by atoms with van der Waals surface area (Å²) in [5.41, 5.74) is 0.314. The lowest BCUT2D eigenvalue weighted by Crippen LogP contribution is -2.50. The topological polar surface area (TPSA) is 85.5 Å². The molecule has 21 heavy (non-hydrogen) atoms. The van der Waals surface area contributed by atoms with Gasteiger partial charge < -0.3 is 20.1 Å². The predicted octanol–water partition coefficient (Wildman–Crippen LogP) is -0.813. The molecule has 2 heterocycles. The minimum atomic E-state index is -0.445. The van der Waals surface area contributed by atoms with Crippen molar-refractivity contribution < 1.29 is 9.59 Å². The van der Waals surface area contributed by atoms with Crippen LogP contribution in [0.4, 0.5) is 0 Å². The van der Waals surface area contributed by atoms with Crippen molar-refractivity contribution in [3.63, 3.8) is 0 Å². The van der Waals surface area contributed by atoms with E-state index in [0.717, 1.165) is 13.1 Å². The number of likely N-dealkylation sites (N-methyl/N-ethyl adjacent to an activating group) is 1. The van der Waals surface area contributed by atoms with Crippen molar-refractivity contribution in [3.05, 3.63) is 33.7 Å². The molecule has 0 unspecified atom stereocenters. The molecule has 0 saturated carbocycles. The normalized spacial score (nSPS) is 14.9. The van der Waals surface area contributed by atoms with E-state index >= 15 is 0 Å². The first kappa shape index (κ1) is 15.2. The van der Waals surface area contributed by atoms with E-state index in [1.165, 1.54) is 18.0 Å². The van der Waals surface area contributed by atoms with E-state index in [1.807, 2.05) is 0 Å². The lowest BCUT2D eigenvalue weighted by molar-refractivity contribution is -0.132. The Kier molecular flexibility index (Phi) is 4.74. The van der Waals surface area contributed by atoms with Gasteiger partial charge in [-0.05, 0) is 19.1 Å². The number of aryl methyl sites for hydroxylation is 1. The number of piperazine rings is 1. The van der Waals surface area contributed by atoms with Crippen molar-refractivity contribution in [2.75, 3.05) is 39.8 Å². The van der Waals surface area contributed by atoms with Crippen molar-refractivity contribution in [1.29, 1.82) is 0 Å². The van der Waals surface area contributed by atoms with E-state index in [4.69, 9.17) is 0 Å². The Morgan fingerprint density at radius 2 is 1.95 bits per heavy atom. The molecule has 0 bridgehead atoms. The second-order valence-electron chi connectivity index (χ2n) is 5.18. The highest BCUT2D eigenvalue weighted by Crippen LogP contribution is 2.01. The summed E-state index contributed by atoms with van der Waals surface area (Å²) in [6.45, 7) is 4.54. The summed E-state index contributed by atoms with van der Waals surface area (Å²) in [5.74, 6) is -0.546. The molecule has 0 spiro atoms. The van der Waals surface area contributed by atoms with Gasteiger partial charge in [-0.25, -0.2) is 0 Å². The lowest BCUT2D eigenvalue weighted by atomic mass is 10.2. The minimum Gasteiger partial charge on any atom is -0.339 e. The molecule has 0 radical (unpaired) electrons. The minimum absolute atomic E-state index is 0.0217. The molecule has 1 aliphatic rings. The summed E-state index contributed by atoms with van der Waals surface area (Å²) in [5, 5.41) is 3.16. The number of nitrogens with zero attached hydrogens (tertiary/aromatic N) is 2. The maximum absolute atomic E-state index is 12.2. The van der Waals surface area contributed by atoms with Gasteiger partial charge in [0.2, 0.25) is 5.91 Å². The molecule has 114 valence electrons. The molecule has 1 aromatic heterocycles. The largest absolute Gasteiger partial charge is 0.339 e. The highest BCUT2D eigenvalue weighted by Gasteiger charge is 2.22. The van der Waals surface area contributed by atoms with E-state index < -0.39 is 11.5 Å². The van der Waals surface area contributed by atoms with E-state index in [9.17, 15) is 14.4 Å². The molecular weight excluding hydrogens is 272 g/mol. The quantitative estimate of drug-likeness (QED) is 0.763. The van der Waals surface area contributed by atoms with E-state index in [-0.39, 0.29) is 18.0 Å². The molecule has 1 aliphatic heterocycles. The average molecular weight is 292 g/mol. The Morgan fingerprint density at radius 1 is 1.29 bits per heavy atom. The fraction of sp³-hybridized carbons (Fsp3) is 0.500. The Morgan fingerprint density at radius 3 is 2.57 bits per heavy atom. The number of carbonyl (C=O) groups excluding carboxylic acids is 2. The van der Waals surface area contributed by atoms with Gasteiger partial charge in [0.05, 0.1) is 6.54 Å². The van der Waals surface area contributed by atoms with E-state index in [2.05, 4.69) is 10.3 Å². The second-order valence-corrected chi connectivity index (χ2v) is 5.18. The third-order valence-electron chi connectivity index (χ3n) is 3.47. The SMILES string of the molecule is Cc1ccc(C(=O)N(C)CC(=O)N2CCNCC2)c(=O)[nH]1. The van der Waals surface area contributed by atoms with Crippen LogP contribution in [0.2, 0.25) is 0 Å². The summed E-state index contributed by atoms with van der Waals surface area (Å²) < 4.78 is 0. The molecule has 0 aliphatic carbocycles. The fourth-order valence-corrected chi connectivity index (χ4v) is 2.24. The van der Waals surface area contributed by atoms with Crippen LogP contribution in [0.15, 0.2) is 16.9 Å². The first-order valence-corrected chi connectivity index (χ1v) is 6.93. The molecule has 1 saturated heterocycles. The zero-order valence-electron chi connectivity index (χ0n) is 12.3. The molecular formula is C14H20N4O3. The Balaban J connectivity index is 2.02. The van der Waals surface area contributed by atoms with Gasteiger partial charge in [0.15, 0.2) is 0 Å². The van der Waals surface area contributed by atoms with Crippen LogP contribution in [0.25, 0.3) is 0 Å². The van der Waals surface area contributed by atoms with Gasteiger partial charge in [-0.2, -0.15) is 0 Å². The molecule has 0 atom stereocenters. The second kappa shape index (κ2) is 6.53. The van der Waals surface area contributed by atoms with Gasteiger partial charge in [0, 0.05) is 38.9 Å². The molecule has 7 nitrogen and oxygen atoms in total. The molecule has 2 rings (SSSR count). The number of aromatic amines is 1. The first-order valence-electron chi connectivity index (χ1n) is 6.93. The Hall–Kier alpha value is -2.15. The zero-order chi connectivity index (χ0) is 15.4. The predicted molar refractivity (Wildman–Crippen MR) is 78.2 cm³/mol. The number of H-pyrrole nitrogens is 1. The molecule has 1 aromatic rings. The van der Waals surface area contributed by atoms with Crippen LogP contribution < -0.4 is 10.9 Å². The van der Waals surface area contributed by atoms with Gasteiger partial charge in [-0.1, -0.05) is 0 Å².